The number of aromatic nitrogens is 5. The summed E-state index contributed by atoms with van der Waals surface area (Å²) >= 11 is 2.78. The van der Waals surface area contributed by atoms with Gasteiger partial charge < -0.3 is 8.83 Å². The molecule has 1 aliphatic rings. The second kappa shape index (κ2) is 8.24. The normalized spacial score (nSPS) is 16.2. The minimum Gasteiger partial charge on any atom is -0.463 e. The number of furan rings is 1. The predicted octanol–water partition coefficient (Wildman–Crippen LogP) is 2.83. The maximum absolute atomic E-state index is 13.0. The van der Waals surface area contributed by atoms with Crippen LogP contribution in [0.4, 0.5) is 0 Å². The van der Waals surface area contributed by atoms with Crippen LogP contribution in [0.15, 0.2) is 67.7 Å². The van der Waals surface area contributed by atoms with Crippen molar-refractivity contribution in [3.05, 3.63) is 65.1 Å². The molecule has 0 bridgehead atoms. The molecular formula is C18H15N7O3S2. The molecule has 5 heterocycles. The van der Waals surface area contributed by atoms with E-state index in [-0.39, 0.29) is 17.7 Å². The molecular weight excluding hydrogens is 426 g/mol. The second-order valence-electron chi connectivity index (χ2n) is 6.34. The van der Waals surface area contributed by atoms with Gasteiger partial charge in [0.25, 0.3) is 11.1 Å². The third kappa shape index (κ3) is 3.91. The lowest BCUT2D eigenvalue weighted by molar-refractivity contribution is -0.130. The number of nitrogens with zero attached hydrogens (tertiary/aromatic N) is 7. The topological polar surface area (TPSA) is 115 Å². The molecule has 0 fully saturated rings. The van der Waals surface area contributed by atoms with Crippen LogP contribution in [0.1, 0.15) is 29.0 Å². The van der Waals surface area contributed by atoms with Gasteiger partial charge in [-0.2, -0.15) is 10.2 Å². The summed E-state index contributed by atoms with van der Waals surface area (Å²) in [5, 5.41) is 20.4. The van der Waals surface area contributed by atoms with E-state index >= 15 is 0 Å². The van der Waals surface area contributed by atoms with E-state index in [2.05, 4.69) is 25.4 Å². The first kappa shape index (κ1) is 18.8. The van der Waals surface area contributed by atoms with Crippen LogP contribution < -0.4 is 0 Å². The van der Waals surface area contributed by atoms with Gasteiger partial charge in [0.05, 0.1) is 18.1 Å². The van der Waals surface area contributed by atoms with Crippen LogP contribution in [0.5, 0.6) is 0 Å². The molecule has 1 amide bonds. The molecule has 0 saturated heterocycles. The highest BCUT2D eigenvalue weighted by molar-refractivity contribution is 7.99. The molecule has 0 saturated carbocycles. The Morgan fingerprint density at radius 2 is 2.27 bits per heavy atom. The summed E-state index contributed by atoms with van der Waals surface area (Å²) in [5.41, 5.74) is 0.754. The van der Waals surface area contributed by atoms with E-state index in [0.29, 0.717) is 29.8 Å². The monoisotopic (exact) mass is 441 g/mol. The average molecular weight is 441 g/mol. The van der Waals surface area contributed by atoms with E-state index in [0.717, 1.165) is 10.6 Å². The first-order chi connectivity index (χ1) is 14.8. The first-order valence-corrected chi connectivity index (χ1v) is 10.9. The van der Waals surface area contributed by atoms with Crippen LogP contribution in [0, 0.1) is 0 Å². The Balaban J connectivity index is 1.27. The van der Waals surface area contributed by atoms with Crippen LogP contribution in [0.2, 0.25) is 0 Å². The number of rotatable bonds is 7. The van der Waals surface area contributed by atoms with E-state index in [4.69, 9.17) is 8.83 Å². The van der Waals surface area contributed by atoms with Gasteiger partial charge in [0.1, 0.15) is 30.7 Å². The molecule has 10 nitrogen and oxygen atoms in total. The average Bonchev–Trinajstić information content (AvgIpc) is 3.56. The third-order valence-corrected chi connectivity index (χ3v) is 6.15. The van der Waals surface area contributed by atoms with Crippen molar-refractivity contribution in [3.63, 3.8) is 0 Å². The summed E-state index contributed by atoms with van der Waals surface area (Å²) in [6, 6.07) is 7.49. The Labute approximate surface area is 178 Å². The minimum absolute atomic E-state index is 0.127. The lowest BCUT2D eigenvalue weighted by Crippen LogP contribution is -2.28. The molecule has 4 aromatic heterocycles. The largest absolute Gasteiger partial charge is 0.463 e. The van der Waals surface area contributed by atoms with E-state index in [1.165, 1.54) is 23.1 Å². The van der Waals surface area contributed by atoms with Gasteiger partial charge >= 0.3 is 0 Å². The smallest absolute Gasteiger partial charge is 0.277 e. The quantitative estimate of drug-likeness (QED) is 0.402. The van der Waals surface area contributed by atoms with Gasteiger partial charge in [-0.1, -0.05) is 17.8 Å². The molecule has 1 atom stereocenters. The van der Waals surface area contributed by atoms with Crippen molar-refractivity contribution in [3.8, 4) is 0 Å². The molecule has 0 aromatic carbocycles. The summed E-state index contributed by atoms with van der Waals surface area (Å²) < 4.78 is 12.6. The maximum Gasteiger partial charge on any atom is 0.277 e. The lowest BCUT2D eigenvalue weighted by atomic mass is 10.1. The zero-order valence-corrected chi connectivity index (χ0v) is 17.1. The number of thioether (sulfide) groups is 1. The summed E-state index contributed by atoms with van der Waals surface area (Å²) in [7, 11) is 0. The molecule has 4 aromatic rings. The molecule has 1 aliphatic heterocycles. The summed E-state index contributed by atoms with van der Waals surface area (Å²) in [5.74, 6) is 1.05. The van der Waals surface area contributed by atoms with Crippen molar-refractivity contribution in [2.24, 2.45) is 5.10 Å². The number of hydrazone groups is 1. The molecule has 0 spiro atoms. The van der Waals surface area contributed by atoms with Gasteiger partial charge in [0.2, 0.25) is 5.89 Å². The van der Waals surface area contributed by atoms with Crippen molar-refractivity contribution < 1.29 is 13.6 Å². The van der Waals surface area contributed by atoms with Gasteiger partial charge in [-0.25, -0.2) is 14.7 Å². The van der Waals surface area contributed by atoms with Gasteiger partial charge in [-0.3, -0.25) is 4.79 Å². The SMILES string of the molecule is O=C(CSc1nnc(Cn2cncn2)o1)N1N=C(c2ccco2)CC1c1cccs1. The predicted molar refractivity (Wildman–Crippen MR) is 108 cm³/mol. The Morgan fingerprint density at radius 3 is 3.03 bits per heavy atom. The van der Waals surface area contributed by atoms with Crippen molar-refractivity contribution in [1.29, 1.82) is 0 Å². The van der Waals surface area contributed by atoms with Crippen LogP contribution >= 0.6 is 23.1 Å². The summed E-state index contributed by atoms with van der Waals surface area (Å²) in [6.45, 7) is 0.324. The van der Waals surface area contributed by atoms with Crippen LogP contribution in [0.3, 0.4) is 0 Å². The standard InChI is InChI=1S/C18H15N7O3S2/c26-17(9-30-18-22-21-16(28-18)8-24-11-19-10-20-24)25-13(15-4-2-6-29-15)7-12(23-25)14-3-1-5-27-14/h1-6,10-11,13H,7-9H2. The van der Waals surface area contributed by atoms with Gasteiger partial charge in [0, 0.05) is 11.3 Å². The van der Waals surface area contributed by atoms with Gasteiger partial charge in [0.15, 0.2) is 0 Å². The van der Waals surface area contributed by atoms with Gasteiger partial charge in [-0.05, 0) is 23.6 Å². The number of hydrogen-bond acceptors (Lipinski definition) is 10. The van der Waals surface area contributed by atoms with E-state index in [1.54, 1.807) is 28.6 Å². The first-order valence-electron chi connectivity index (χ1n) is 9.00. The molecule has 0 radical (unpaired) electrons. The minimum atomic E-state index is -0.149. The Hall–Kier alpha value is -3.25. The fourth-order valence-corrected chi connectivity index (χ4v) is 4.48. The number of carbonyl (C=O) groups excluding carboxylic acids is 1. The molecule has 0 N–H and O–H groups in total. The molecule has 30 heavy (non-hydrogen) atoms. The highest BCUT2D eigenvalue weighted by Gasteiger charge is 2.34. The number of carbonyl (C=O) groups is 1. The lowest BCUT2D eigenvalue weighted by Gasteiger charge is -2.20. The summed E-state index contributed by atoms with van der Waals surface area (Å²) in [4.78, 5) is 17.9. The Kier molecular flexibility index (Phi) is 5.15. The summed E-state index contributed by atoms with van der Waals surface area (Å²) in [6.07, 6.45) is 5.20. The van der Waals surface area contributed by atoms with Crippen molar-refractivity contribution in [1.82, 2.24) is 30.0 Å². The van der Waals surface area contributed by atoms with Gasteiger partial charge in [-0.15, -0.1) is 21.5 Å². The molecule has 0 aliphatic carbocycles. The fourth-order valence-electron chi connectivity index (χ4n) is 3.04. The van der Waals surface area contributed by atoms with E-state index in [9.17, 15) is 4.79 Å². The van der Waals surface area contributed by atoms with Crippen LogP contribution in [0.25, 0.3) is 0 Å². The number of amides is 1. The molecule has 152 valence electrons. The maximum atomic E-state index is 13.0. The Bertz CT molecular complexity index is 1140. The van der Waals surface area contributed by atoms with Crippen LogP contribution in [-0.2, 0) is 11.3 Å². The zero-order chi connectivity index (χ0) is 20.3. The fraction of sp³-hybridized carbons (Fsp3) is 0.222. The third-order valence-electron chi connectivity index (χ3n) is 4.37. The van der Waals surface area contributed by atoms with Crippen molar-refractivity contribution in [2.75, 3.05) is 5.75 Å². The Morgan fingerprint density at radius 1 is 1.30 bits per heavy atom. The highest BCUT2D eigenvalue weighted by atomic mass is 32.2. The van der Waals surface area contributed by atoms with Crippen molar-refractivity contribution in [2.45, 2.75) is 24.2 Å². The number of hydrogen-bond donors (Lipinski definition) is 0. The van der Waals surface area contributed by atoms with Crippen LogP contribution in [-0.4, -0.2) is 47.3 Å². The molecule has 12 heteroatoms. The molecule has 5 rings (SSSR count). The van der Waals surface area contributed by atoms with E-state index < -0.39 is 0 Å². The number of thiophene rings is 1. The van der Waals surface area contributed by atoms with E-state index in [1.807, 2.05) is 29.6 Å². The molecule has 1 unspecified atom stereocenters. The highest BCUT2D eigenvalue weighted by Crippen LogP contribution is 2.35. The zero-order valence-electron chi connectivity index (χ0n) is 15.5. The second-order valence-corrected chi connectivity index (χ2v) is 8.25. The van der Waals surface area contributed by atoms with Crippen molar-refractivity contribution >= 4 is 34.7 Å².